The molecule has 0 aromatic rings. The molecule has 3 N–H and O–H groups in total. The van der Waals surface area contributed by atoms with E-state index in [2.05, 4.69) is 19.2 Å². The van der Waals surface area contributed by atoms with E-state index in [1.54, 1.807) is 0 Å². The van der Waals surface area contributed by atoms with Gasteiger partial charge in [0.15, 0.2) is 0 Å². The molecule has 0 saturated heterocycles. The number of carbonyl (C=O) groups is 1. The molecule has 0 heterocycles. The largest absolute Gasteiger partial charge is 0.472 e. The molecule has 0 saturated carbocycles. The molecular weight excluding hydrogens is 683 g/mol. The summed E-state index contributed by atoms with van der Waals surface area (Å²) in [7, 11) is 1.62. The summed E-state index contributed by atoms with van der Waals surface area (Å²) in [6.45, 7) is 4.79. The molecular formula is C44H92N2O6P+. The zero-order valence-corrected chi connectivity index (χ0v) is 36.9. The number of hydrogen-bond acceptors (Lipinski definition) is 5. The molecule has 0 radical (unpaired) electrons. The summed E-state index contributed by atoms with van der Waals surface area (Å²) < 4.78 is 23.4. The van der Waals surface area contributed by atoms with Gasteiger partial charge in [0.1, 0.15) is 13.2 Å². The Bertz CT molecular complexity index is 839. The van der Waals surface area contributed by atoms with E-state index in [0.717, 1.165) is 44.9 Å². The van der Waals surface area contributed by atoms with Gasteiger partial charge in [-0.05, 0) is 12.8 Å². The van der Waals surface area contributed by atoms with Gasteiger partial charge in [-0.3, -0.25) is 13.8 Å². The first kappa shape index (κ1) is 52.5. The van der Waals surface area contributed by atoms with E-state index in [4.69, 9.17) is 9.05 Å². The zero-order valence-electron chi connectivity index (χ0n) is 36.0. The number of nitrogens with zero attached hydrogens (tertiary/aromatic N) is 1. The van der Waals surface area contributed by atoms with Crippen molar-refractivity contribution in [1.82, 2.24) is 5.32 Å². The minimum Gasteiger partial charge on any atom is -0.391 e. The van der Waals surface area contributed by atoms with Crippen molar-refractivity contribution < 1.29 is 32.9 Å². The highest BCUT2D eigenvalue weighted by atomic mass is 31.2. The van der Waals surface area contributed by atoms with Gasteiger partial charge in [0.05, 0.1) is 39.9 Å². The number of phosphoric acid groups is 1. The third kappa shape index (κ3) is 39.5. The quantitative estimate of drug-likeness (QED) is 0.0324. The summed E-state index contributed by atoms with van der Waals surface area (Å²) in [6.07, 6.45) is 40.7. The molecule has 0 rings (SSSR count). The summed E-state index contributed by atoms with van der Waals surface area (Å²) >= 11 is 0. The molecule has 0 aromatic heterocycles. The number of aliphatic hydroxyl groups is 1. The average Bonchev–Trinajstić information content (AvgIpc) is 3.10. The second-order valence-corrected chi connectivity index (χ2v) is 18.6. The summed E-state index contributed by atoms with van der Waals surface area (Å²) in [5.74, 6) is -0.149. The molecule has 3 atom stereocenters. The first-order chi connectivity index (χ1) is 25.5. The van der Waals surface area contributed by atoms with E-state index < -0.39 is 20.0 Å². The lowest BCUT2D eigenvalue weighted by atomic mass is 10.0. The number of phosphoric ester groups is 1. The van der Waals surface area contributed by atoms with Crippen LogP contribution in [0.1, 0.15) is 226 Å². The minimum atomic E-state index is -4.29. The Morgan fingerprint density at radius 2 is 0.906 bits per heavy atom. The lowest BCUT2D eigenvalue weighted by Crippen LogP contribution is -2.46. The van der Waals surface area contributed by atoms with Gasteiger partial charge in [-0.15, -0.1) is 0 Å². The molecule has 0 fully saturated rings. The van der Waals surface area contributed by atoms with Crippen LogP contribution in [-0.4, -0.2) is 73.4 Å². The van der Waals surface area contributed by atoms with Gasteiger partial charge in [-0.2, -0.15) is 0 Å². The molecule has 0 aliphatic heterocycles. The van der Waals surface area contributed by atoms with Crippen LogP contribution in [0.5, 0.6) is 0 Å². The highest BCUT2D eigenvalue weighted by Crippen LogP contribution is 2.43. The van der Waals surface area contributed by atoms with Crippen molar-refractivity contribution in [2.75, 3.05) is 40.9 Å². The van der Waals surface area contributed by atoms with Crippen LogP contribution in [0.25, 0.3) is 0 Å². The summed E-state index contributed by atoms with van der Waals surface area (Å²) in [6, 6.07) is -0.750. The number of rotatable bonds is 42. The molecule has 0 aliphatic rings. The molecule has 8 nitrogen and oxygen atoms in total. The van der Waals surface area contributed by atoms with Crippen LogP contribution in [0.3, 0.4) is 0 Å². The van der Waals surface area contributed by atoms with Crippen LogP contribution in [0.4, 0.5) is 0 Å². The maximum absolute atomic E-state index is 12.7. The second-order valence-electron chi connectivity index (χ2n) is 17.1. The Kier molecular flexibility index (Phi) is 36.7. The molecule has 1 amide bonds. The summed E-state index contributed by atoms with van der Waals surface area (Å²) in [4.78, 5) is 22.9. The van der Waals surface area contributed by atoms with Crippen molar-refractivity contribution in [2.45, 2.75) is 238 Å². The fraction of sp³-hybridized carbons (Fsp3) is 0.977. The number of likely N-dealkylation sites (N-methyl/N-ethyl adjacent to an activating group) is 1. The lowest BCUT2D eigenvalue weighted by Gasteiger charge is -2.26. The smallest absolute Gasteiger partial charge is 0.391 e. The van der Waals surface area contributed by atoms with E-state index in [1.165, 1.54) is 154 Å². The summed E-state index contributed by atoms with van der Waals surface area (Å²) in [5.41, 5.74) is 0. The maximum Gasteiger partial charge on any atom is 0.472 e. The number of nitrogens with one attached hydrogen (secondary N) is 1. The normalized spacial score (nSPS) is 14.3. The van der Waals surface area contributed by atoms with Crippen molar-refractivity contribution in [3.05, 3.63) is 0 Å². The molecule has 0 aliphatic carbocycles. The number of quaternary nitrogens is 1. The van der Waals surface area contributed by atoms with Gasteiger partial charge in [0, 0.05) is 6.42 Å². The molecule has 53 heavy (non-hydrogen) atoms. The molecule has 0 aromatic carbocycles. The van der Waals surface area contributed by atoms with Crippen LogP contribution >= 0.6 is 7.82 Å². The second kappa shape index (κ2) is 37.1. The average molecular weight is 776 g/mol. The Labute approximate surface area is 329 Å². The summed E-state index contributed by atoms with van der Waals surface area (Å²) in [5, 5.41) is 13.7. The molecule has 0 bridgehead atoms. The predicted octanol–water partition coefficient (Wildman–Crippen LogP) is 12.6. The highest BCUT2D eigenvalue weighted by molar-refractivity contribution is 7.47. The van der Waals surface area contributed by atoms with Crippen molar-refractivity contribution >= 4 is 13.7 Å². The predicted molar refractivity (Wildman–Crippen MR) is 226 cm³/mol. The van der Waals surface area contributed by atoms with Gasteiger partial charge in [-0.1, -0.05) is 206 Å². The van der Waals surface area contributed by atoms with Gasteiger partial charge in [0.25, 0.3) is 0 Å². The topological polar surface area (TPSA) is 105 Å². The van der Waals surface area contributed by atoms with Crippen LogP contribution in [0.2, 0.25) is 0 Å². The van der Waals surface area contributed by atoms with Crippen LogP contribution in [-0.2, 0) is 18.4 Å². The van der Waals surface area contributed by atoms with Gasteiger partial charge < -0.3 is 19.8 Å². The van der Waals surface area contributed by atoms with E-state index in [0.29, 0.717) is 23.9 Å². The van der Waals surface area contributed by atoms with Crippen molar-refractivity contribution in [2.24, 2.45) is 0 Å². The Morgan fingerprint density at radius 1 is 0.566 bits per heavy atom. The first-order valence-electron chi connectivity index (χ1n) is 22.9. The van der Waals surface area contributed by atoms with Crippen LogP contribution in [0, 0.1) is 0 Å². The fourth-order valence-electron chi connectivity index (χ4n) is 6.93. The van der Waals surface area contributed by atoms with Gasteiger partial charge in [0.2, 0.25) is 5.91 Å². The molecule has 318 valence electrons. The standard InChI is InChI=1S/C44H91N2O6P/c1-6-8-10-12-13-14-15-16-17-18-19-20-21-22-23-24-25-26-27-28-29-30-31-32-33-34-36-38-44(48)45-42(43(47)37-35-11-9-7-2)41-52-53(49,50)51-40-39-46(3,4)5/h42-43,47H,6-41H2,1-5H3,(H-,45,48,49,50)/p+1. The third-order valence-electron chi connectivity index (χ3n) is 10.6. The maximum atomic E-state index is 12.7. The number of amides is 1. The Morgan fingerprint density at radius 3 is 1.26 bits per heavy atom. The number of unbranched alkanes of at least 4 members (excludes halogenated alkanes) is 29. The van der Waals surface area contributed by atoms with E-state index >= 15 is 0 Å². The van der Waals surface area contributed by atoms with Crippen molar-refractivity contribution in [1.29, 1.82) is 0 Å². The SMILES string of the molecule is CCCCCCCCCCCCCCCCCCCCCCCCCCCCCC(=O)NC(COP(=O)(O)OCC[N+](C)(C)C)C(O)CCCCCC. The van der Waals surface area contributed by atoms with Gasteiger partial charge >= 0.3 is 7.82 Å². The lowest BCUT2D eigenvalue weighted by molar-refractivity contribution is -0.870. The Balaban J connectivity index is 3.81. The van der Waals surface area contributed by atoms with E-state index in [1.807, 2.05) is 21.1 Å². The number of aliphatic hydroxyl groups excluding tert-OH is 1. The molecule has 9 heteroatoms. The first-order valence-corrected chi connectivity index (χ1v) is 24.4. The number of carbonyl (C=O) groups excluding carboxylic acids is 1. The number of hydrogen-bond donors (Lipinski definition) is 3. The van der Waals surface area contributed by atoms with Gasteiger partial charge in [-0.25, -0.2) is 4.57 Å². The monoisotopic (exact) mass is 776 g/mol. The zero-order chi connectivity index (χ0) is 39.3. The van der Waals surface area contributed by atoms with Crippen molar-refractivity contribution in [3.63, 3.8) is 0 Å². The fourth-order valence-corrected chi connectivity index (χ4v) is 7.67. The van der Waals surface area contributed by atoms with E-state index in [9.17, 15) is 19.4 Å². The van der Waals surface area contributed by atoms with Crippen molar-refractivity contribution in [3.8, 4) is 0 Å². The van der Waals surface area contributed by atoms with E-state index in [-0.39, 0.29) is 19.1 Å². The minimum absolute atomic E-state index is 0.0769. The Hall–Kier alpha value is -0.500. The third-order valence-corrected chi connectivity index (χ3v) is 11.6. The van der Waals surface area contributed by atoms with Crippen LogP contribution in [0.15, 0.2) is 0 Å². The molecule has 0 spiro atoms. The molecule has 3 unspecified atom stereocenters. The van der Waals surface area contributed by atoms with Crippen LogP contribution < -0.4 is 5.32 Å². The highest BCUT2D eigenvalue weighted by Gasteiger charge is 2.28.